The molecule has 0 amide bonds. The molecule has 6 rings (SSSR count). The average molecular weight is 538 g/mol. The second kappa shape index (κ2) is 9.93. The zero-order chi connectivity index (χ0) is 27.0. The summed E-state index contributed by atoms with van der Waals surface area (Å²) in [5, 5.41) is 0.931. The van der Waals surface area contributed by atoms with Gasteiger partial charge in [-0.05, 0) is 61.0 Å². The molecule has 1 heterocycles. The number of para-hydroxylation sites is 1. The molecule has 0 aliphatic carbocycles. The number of aryl methyl sites for hydroxylation is 1. The van der Waals surface area contributed by atoms with Gasteiger partial charge in [-0.25, -0.2) is 16.8 Å². The molecule has 194 valence electrons. The third kappa shape index (κ3) is 4.73. The van der Waals surface area contributed by atoms with Crippen LogP contribution in [-0.2, 0) is 16.6 Å². The lowest BCUT2D eigenvalue weighted by atomic mass is 10.1. The highest BCUT2D eigenvalue weighted by Gasteiger charge is 2.27. The van der Waals surface area contributed by atoms with Gasteiger partial charge in [0.2, 0.25) is 0 Å². The molecule has 0 saturated heterocycles. The predicted octanol–water partition coefficient (Wildman–Crippen LogP) is 7.85. The second-order valence-electron chi connectivity index (χ2n) is 9.25. The molecule has 0 N–H and O–H groups in total. The van der Waals surface area contributed by atoms with E-state index in [9.17, 15) is 12.8 Å². The van der Waals surface area contributed by atoms with E-state index in [-0.39, 0.29) is 11.5 Å². The number of halogens is 1. The Morgan fingerprint density at radius 1 is 0.744 bits per heavy atom. The zero-order valence-corrected chi connectivity index (χ0v) is 21.9. The van der Waals surface area contributed by atoms with Crippen LogP contribution in [0, 0.1) is 12.7 Å². The topological polar surface area (TPSA) is 57.5 Å². The molecule has 1 aromatic heterocycles. The maximum Gasteiger partial charge on any atom is 0.268 e. The van der Waals surface area contributed by atoms with Crippen LogP contribution in [0.1, 0.15) is 11.1 Å². The minimum absolute atomic E-state index is 0.120. The number of fused-ring (bicyclic) bond motifs is 3. The van der Waals surface area contributed by atoms with E-state index in [4.69, 9.17) is 9.47 Å². The standard InChI is InChI=1S/C32H24FNO4S/c1-22-12-15-27(16-13-22)39(35,36)34-30-17-14-24(33)18-28(30)29-19-26(38-25-10-6-3-7-11-25)20-31(32(29)34)37-21-23-8-4-2-5-9-23/h2-20H,21H2,1H3. The molecule has 0 fully saturated rings. The molecule has 6 aromatic rings. The lowest BCUT2D eigenvalue weighted by Crippen LogP contribution is -2.13. The highest BCUT2D eigenvalue weighted by molar-refractivity contribution is 7.90. The number of rotatable bonds is 7. The molecule has 0 aliphatic heterocycles. The summed E-state index contributed by atoms with van der Waals surface area (Å²) in [6.07, 6.45) is 0. The third-order valence-electron chi connectivity index (χ3n) is 6.49. The van der Waals surface area contributed by atoms with E-state index in [2.05, 4.69) is 0 Å². The molecule has 0 aliphatic rings. The fourth-order valence-electron chi connectivity index (χ4n) is 4.61. The van der Waals surface area contributed by atoms with Crippen LogP contribution in [0.4, 0.5) is 4.39 Å². The summed E-state index contributed by atoms with van der Waals surface area (Å²) in [6, 6.07) is 32.9. The van der Waals surface area contributed by atoms with Crippen molar-refractivity contribution in [3.8, 4) is 17.2 Å². The molecule has 0 spiro atoms. The van der Waals surface area contributed by atoms with E-state index in [1.807, 2.05) is 67.6 Å². The Kier molecular flexibility index (Phi) is 6.29. The van der Waals surface area contributed by atoms with E-state index in [0.717, 1.165) is 11.1 Å². The van der Waals surface area contributed by atoms with Crippen molar-refractivity contribution in [3.63, 3.8) is 0 Å². The highest BCUT2D eigenvalue weighted by atomic mass is 32.2. The number of hydrogen-bond donors (Lipinski definition) is 0. The van der Waals surface area contributed by atoms with Gasteiger partial charge in [-0.15, -0.1) is 0 Å². The Balaban J connectivity index is 1.62. The molecule has 39 heavy (non-hydrogen) atoms. The normalized spacial score (nSPS) is 11.6. The molecule has 7 heteroatoms. The summed E-state index contributed by atoms with van der Waals surface area (Å²) in [5.41, 5.74) is 2.50. The summed E-state index contributed by atoms with van der Waals surface area (Å²) in [6.45, 7) is 2.09. The van der Waals surface area contributed by atoms with E-state index < -0.39 is 15.8 Å². The van der Waals surface area contributed by atoms with Crippen molar-refractivity contribution in [2.75, 3.05) is 0 Å². The van der Waals surface area contributed by atoms with Gasteiger partial charge in [-0.2, -0.15) is 0 Å². The van der Waals surface area contributed by atoms with Crippen LogP contribution in [-0.4, -0.2) is 12.4 Å². The molecule has 0 bridgehead atoms. The Morgan fingerprint density at radius 3 is 2.15 bits per heavy atom. The van der Waals surface area contributed by atoms with Crippen molar-refractivity contribution in [3.05, 3.63) is 132 Å². The molecular formula is C32H24FNO4S. The summed E-state index contributed by atoms with van der Waals surface area (Å²) in [4.78, 5) is 0.120. The smallest absolute Gasteiger partial charge is 0.268 e. The lowest BCUT2D eigenvalue weighted by Gasteiger charge is -2.15. The molecule has 0 saturated carbocycles. The van der Waals surface area contributed by atoms with Crippen LogP contribution in [0.25, 0.3) is 21.8 Å². The van der Waals surface area contributed by atoms with Gasteiger partial charge in [-0.3, -0.25) is 0 Å². The molecule has 0 atom stereocenters. The first-order chi connectivity index (χ1) is 18.9. The van der Waals surface area contributed by atoms with Crippen molar-refractivity contribution >= 4 is 31.8 Å². The van der Waals surface area contributed by atoms with Crippen LogP contribution < -0.4 is 9.47 Å². The number of aromatic nitrogens is 1. The highest BCUT2D eigenvalue weighted by Crippen LogP contribution is 2.42. The van der Waals surface area contributed by atoms with E-state index in [1.54, 1.807) is 36.4 Å². The van der Waals surface area contributed by atoms with Crippen molar-refractivity contribution < 1.29 is 22.3 Å². The van der Waals surface area contributed by atoms with Crippen molar-refractivity contribution in [2.45, 2.75) is 18.4 Å². The average Bonchev–Trinajstić information content (AvgIpc) is 3.27. The second-order valence-corrected chi connectivity index (χ2v) is 11.0. The van der Waals surface area contributed by atoms with Gasteiger partial charge in [-0.1, -0.05) is 66.2 Å². The van der Waals surface area contributed by atoms with Gasteiger partial charge in [0, 0.05) is 16.8 Å². The first kappa shape index (κ1) is 24.7. The Bertz CT molecular complexity index is 1900. The largest absolute Gasteiger partial charge is 0.487 e. The first-order valence-electron chi connectivity index (χ1n) is 12.4. The molecule has 5 aromatic carbocycles. The molecule has 0 unspecified atom stereocenters. The van der Waals surface area contributed by atoms with Gasteiger partial charge in [0.05, 0.1) is 10.4 Å². The van der Waals surface area contributed by atoms with Gasteiger partial charge in [0.25, 0.3) is 10.0 Å². The minimum Gasteiger partial charge on any atom is -0.487 e. The van der Waals surface area contributed by atoms with Crippen molar-refractivity contribution in [1.82, 2.24) is 3.97 Å². The molecule has 5 nitrogen and oxygen atoms in total. The number of nitrogens with zero attached hydrogens (tertiary/aromatic N) is 1. The fourth-order valence-corrected chi connectivity index (χ4v) is 6.15. The quantitative estimate of drug-likeness (QED) is 0.208. The van der Waals surface area contributed by atoms with Crippen LogP contribution in [0.3, 0.4) is 0 Å². The van der Waals surface area contributed by atoms with Crippen molar-refractivity contribution in [2.24, 2.45) is 0 Å². The van der Waals surface area contributed by atoms with Crippen LogP contribution >= 0.6 is 0 Å². The summed E-state index contributed by atoms with van der Waals surface area (Å²) >= 11 is 0. The van der Waals surface area contributed by atoms with Gasteiger partial charge >= 0.3 is 0 Å². The lowest BCUT2D eigenvalue weighted by molar-refractivity contribution is 0.308. The maximum absolute atomic E-state index is 14.5. The summed E-state index contributed by atoms with van der Waals surface area (Å²) in [7, 11) is -4.08. The Labute approximate surface area is 225 Å². The molecule has 0 radical (unpaired) electrons. The number of benzene rings is 5. The van der Waals surface area contributed by atoms with Gasteiger partial charge in [0.15, 0.2) is 0 Å². The molecular weight excluding hydrogens is 513 g/mol. The van der Waals surface area contributed by atoms with Gasteiger partial charge < -0.3 is 9.47 Å². The number of ether oxygens (including phenoxy) is 2. The predicted molar refractivity (Wildman–Crippen MR) is 150 cm³/mol. The first-order valence-corrected chi connectivity index (χ1v) is 13.8. The van der Waals surface area contributed by atoms with E-state index >= 15 is 0 Å². The van der Waals surface area contributed by atoms with E-state index in [1.165, 1.54) is 22.2 Å². The van der Waals surface area contributed by atoms with E-state index in [0.29, 0.717) is 39.1 Å². The third-order valence-corrected chi connectivity index (χ3v) is 8.22. The Morgan fingerprint density at radius 2 is 1.44 bits per heavy atom. The van der Waals surface area contributed by atoms with Crippen molar-refractivity contribution in [1.29, 1.82) is 0 Å². The monoisotopic (exact) mass is 537 g/mol. The zero-order valence-electron chi connectivity index (χ0n) is 21.0. The van der Waals surface area contributed by atoms with Crippen LogP contribution in [0.5, 0.6) is 17.2 Å². The summed E-state index contributed by atoms with van der Waals surface area (Å²) < 4.78 is 56.4. The Hall–Kier alpha value is -4.62. The van der Waals surface area contributed by atoms with Gasteiger partial charge in [0.1, 0.15) is 35.2 Å². The maximum atomic E-state index is 14.5. The van der Waals surface area contributed by atoms with Crippen LogP contribution in [0.2, 0.25) is 0 Å². The SMILES string of the molecule is Cc1ccc(S(=O)(=O)n2c3ccc(F)cc3c3cc(Oc4ccccc4)cc(OCc4ccccc4)c32)cc1. The fraction of sp³-hybridized carbons (Fsp3) is 0.0625. The van der Waals surface area contributed by atoms with Crippen LogP contribution in [0.15, 0.2) is 120 Å². The minimum atomic E-state index is -4.08. The summed E-state index contributed by atoms with van der Waals surface area (Å²) in [5.74, 6) is 0.867. The number of hydrogen-bond acceptors (Lipinski definition) is 4.